The molecule has 1 N–H and O–H groups in total. The summed E-state index contributed by atoms with van der Waals surface area (Å²) in [4.78, 5) is 26.4. The summed E-state index contributed by atoms with van der Waals surface area (Å²) in [6.45, 7) is 2.90. The van der Waals surface area contributed by atoms with E-state index in [2.05, 4.69) is 5.32 Å². The number of carbonyl (C=O) groups is 2. The van der Waals surface area contributed by atoms with Crippen molar-refractivity contribution in [2.24, 2.45) is 0 Å². The molecule has 2 amide bonds. The second-order valence-corrected chi connectivity index (χ2v) is 6.84. The molecule has 0 spiro atoms. The fourth-order valence-electron chi connectivity index (χ4n) is 2.62. The van der Waals surface area contributed by atoms with E-state index < -0.39 is 16.8 Å². The Balaban J connectivity index is 1.81. The van der Waals surface area contributed by atoms with Crippen LogP contribution in [0.15, 0.2) is 35.2 Å². The van der Waals surface area contributed by atoms with Crippen LogP contribution in [0.2, 0.25) is 0 Å². The highest BCUT2D eigenvalue weighted by Crippen LogP contribution is 2.15. The molecule has 2 rings (SSSR count). The third-order valence-corrected chi connectivity index (χ3v) is 5.14. The van der Waals surface area contributed by atoms with Gasteiger partial charge in [0, 0.05) is 30.2 Å². The zero-order valence-corrected chi connectivity index (χ0v) is 13.6. The van der Waals surface area contributed by atoms with Gasteiger partial charge in [-0.2, -0.15) is 0 Å². The van der Waals surface area contributed by atoms with Crippen LogP contribution < -0.4 is 5.32 Å². The van der Waals surface area contributed by atoms with E-state index in [1.54, 1.807) is 4.90 Å². The molecular weight excluding hydrogens is 300 g/mol. The summed E-state index contributed by atoms with van der Waals surface area (Å²) in [5.74, 6) is 0.276. The minimum atomic E-state index is -1.12. The van der Waals surface area contributed by atoms with Gasteiger partial charge in [0.1, 0.15) is 6.04 Å². The maximum absolute atomic E-state index is 12.2. The van der Waals surface area contributed by atoms with E-state index in [-0.39, 0.29) is 11.8 Å². The van der Waals surface area contributed by atoms with Crippen molar-refractivity contribution in [1.29, 1.82) is 0 Å². The van der Waals surface area contributed by atoms with Crippen molar-refractivity contribution >= 4 is 22.6 Å². The van der Waals surface area contributed by atoms with Crippen LogP contribution in [0.25, 0.3) is 0 Å². The quantitative estimate of drug-likeness (QED) is 0.823. The molecule has 1 aliphatic heterocycles. The van der Waals surface area contributed by atoms with E-state index in [1.165, 1.54) is 0 Å². The van der Waals surface area contributed by atoms with E-state index in [4.69, 9.17) is 0 Å². The zero-order chi connectivity index (χ0) is 15.9. The van der Waals surface area contributed by atoms with Gasteiger partial charge in [-0.25, -0.2) is 0 Å². The molecule has 0 radical (unpaired) electrons. The van der Waals surface area contributed by atoms with Crippen LogP contribution in [0.5, 0.6) is 0 Å². The first-order valence-electron chi connectivity index (χ1n) is 7.64. The van der Waals surface area contributed by atoms with Crippen LogP contribution in [-0.4, -0.2) is 45.8 Å². The number of carbonyl (C=O) groups excluding carboxylic acids is 2. The number of rotatable bonds is 7. The number of benzene rings is 1. The molecule has 0 aliphatic carbocycles. The van der Waals surface area contributed by atoms with Gasteiger partial charge in [0.15, 0.2) is 0 Å². The summed E-state index contributed by atoms with van der Waals surface area (Å²) in [6.07, 6.45) is 1.95. The fourth-order valence-corrected chi connectivity index (χ4v) is 3.60. The van der Waals surface area contributed by atoms with E-state index in [9.17, 15) is 13.8 Å². The molecule has 0 aromatic heterocycles. The summed E-state index contributed by atoms with van der Waals surface area (Å²) >= 11 is 0. The van der Waals surface area contributed by atoms with E-state index in [0.717, 1.165) is 11.3 Å². The number of likely N-dealkylation sites (tertiary alicyclic amines) is 1. The Morgan fingerprint density at radius 1 is 1.36 bits per heavy atom. The molecule has 5 nitrogen and oxygen atoms in total. The number of hydrogen-bond acceptors (Lipinski definition) is 3. The normalized spacial score (nSPS) is 17.3. The lowest BCUT2D eigenvalue weighted by Crippen LogP contribution is -2.47. The Morgan fingerprint density at radius 3 is 2.68 bits per heavy atom. The number of hydrogen-bond donors (Lipinski definition) is 1. The van der Waals surface area contributed by atoms with Crippen molar-refractivity contribution in [2.45, 2.75) is 37.1 Å². The Labute approximate surface area is 133 Å². The molecule has 1 aromatic rings. The van der Waals surface area contributed by atoms with Crippen molar-refractivity contribution in [3.63, 3.8) is 0 Å². The Hall–Kier alpha value is -1.69. The molecule has 1 saturated heterocycles. The van der Waals surface area contributed by atoms with Crippen LogP contribution in [0.3, 0.4) is 0 Å². The third-order valence-electron chi connectivity index (χ3n) is 3.77. The Kier molecular flexibility index (Phi) is 6.12. The minimum absolute atomic E-state index is 0.0508. The van der Waals surface area contributed by atoms with Gasteiger partial charge in [-0.1, -0.05) is 25.1 Å². The van der Waals surface area contributed by atoms with E-state index >= 15 is 0 Å². The highest BCUT2D eigenvalue weighted by molar-refractivity contribution is 7.85. The van der Waals surface area contributed by atoms with Crippen molar-refractivity contribution in [3.05, 3.63) is 30.3 Å². The van der Waals surface area contributed by atoms with Crippen LogP contribution in [-0.2, 0) is 20.4 Å². The lowest BCUT2D eigenvalue weighted by atomic mass is 10.2. The van der Waals surface area contributed by atoms with Crippen LogP contribution >= 0.6 is 0 Å². The molecule has 120 valence electrons. The maximum atomic E-state index is 12.2. The molecule has 2 atom stereocenters. The average molecular weight is 322 g/mol. The highest BCUT2D eigenvalue weighted by Gasteiger charge is 2.31. The first-order valence-corrected chi connectivity index (χ1v) is 8.96. The van der Waals surface area contributed by atoms with Gasteiger partial charge in [-0.3, -0.25) is 13.8 Å². The molecule has 1 fully saturated rings. The molecule has 6 heteroatoms. The molecule has 0 bridgehead atoms. The van der Waals surface area contributed by atoms with Gasteiger partial charge < -0.3 is 10.2 Å². The third kappa shape index (κ3) is 4.16. The fraction of sp³-hybridized carbons (Fsp3) is 0.500. The summed E-state index contributed by atoms with van der Waals surface area (Å²) < 4.78 is 12.1. The molecule has 22 heavy (non-hydrogen) atoms. The van der Waals surface area contributed by atoms with Gasteiger partial charge in [-0.05, 0) is 25.0 Å². The highest BCUT2D eigenvalue weighted by atomic mass is 32.2. The molecule has 1 aliphatic rings. The summed E-state index contributed by atoms with van der Waals surface area (Å²) in [5.41, 5.74) is 0. The van der Waals surface area contributed by atoms with E-state index in [0.29, 0.717) is 31.7 Å². The van der Waals surface area contributed by atoms with E-state index in [1.807, 2.05) is 37.3 Å². The summed E-state index contributed by atoms with van der Waals surface area (Å²) in [7, 11) is -1.12. The van der Waals surface area contributed by atoms with Gasteiger partial charge >= 0.3 is 0 Å². The second-order valence-electron chi connectivity index (χ2n) is 5.27. The molecule has 0 unspecified atom stereocenters. The predicted octanol–water partition coefficient (Wildman–Crippen LogP) is 1.31. The molecule has 1 heterocycles. The van der Waals surface area contributed by atoms with Crippen molar-refractivity contribution in [3.8, 4) is 0 Å². The predicted molar refractivity (Wildman–Crippen MR) is 85.8 cm³/mol. The minimum Gasteiger partial charge on any atom is -0.353 e. The van der Waals surface area contributed by atoms with Crippen LogP contribution in [0.4, 0.5) is 0 Å². The molecular formula is C16H22N2O3S. The Morgan fingerprint density at radius 2 is 2.09 bits per heavy atom. The summed E-state index contributed by atoms with van der Waals surface area (Å²) in [6, 6.07) is 8.79. The standard InChI is InChI=1S/C16H22N2O3S/c1-2-14(18-11-6-9-15(18)19)16(20)17-10-12-22(21)13-7-4-3-5-8-13/h3-5,7-8,14H,2,6,9-12H2,1H3,(H,17,20)/t14-,22-/m0/s1. The topological polar surface area (TPSA) is 66.5 Å². The Bertz CT molecular complexity index is 548. The van der Waals surface area contributed by atoms with Gasteiger partial charge in [0.25, 0.3) is 0 Å². The SMILES string of the molecule is CC[C@@H](C(=O)NCC[S@](=O)c1ccccc1)N1CCCC1=O. The smallest absolute Gasteiger partial charge is 0.242 e. The van der Waals surface area contributed by atoms with Crippen LogP contribution in [0, 0.1) is 0 Å². The van der Waals surface area contributed by atoms with Gasteiger partial charge in [0.2, 0.25) is 11.8 Å². The molecule has 0 saturated carbocycles. The van der Waals surface area contributed by atoms with Crippen molar-refractivity contribution in [1.82, 2.24) is 10.2 Å². The average Bonchev–Trinajstić information content (AvgIpc) is 2.95. The van der Waals surface area contributed by atoms with Crippen LogP contribution in [0.1, 0.15) is 26.2 Å². The second kappa shape index (κ2) is 8.08. The first kappa shape index (κ1) is 16.7. The lowest BCUT2D eigenvalue weighted by Gasteiger charge is -2.25. The zero-order valence-electron chi connectivity index (χ0n) is 12.8. The lowest BCUT2D eigenvalue weighted by molar-refractivity contribution is -0.137. The monoisotopic (exact) mass is 322 g/mol. The van der Waals surface area contributed by atoms with Crippen molar-refractivity contribution in [2.75, 3.05) is 18.8 Å². The van der Waals surface area contributed by atoms with Crippen molar-refractivity contribution < 1.29 is 13.8 Å². The van der Waals surface area contributed by atoms with Gasteiger partial charge in [0.05, 0.1) is 10.8 Å². The molecule has 1 aromatic carbocycles. The largest absolute Gasteiger partial charge is 0.353 e. The number of nitrogens with zero attached hydrogens (tertiary/aromatic N) is 1. The van der Waals surface area contributed by atoms with Gasteiger partial charge in [-0.15, -0.1) is 0 Å². The summed E-state index contributed by atoms with van der Waals surface area (Å²) in [5, 5.41) is 2.81. The number of amides is 2. The number of nitrogens with one attached hydrogen (secondary N) is 1. The first-order chi connectivity index (χ1) is 10.6. The maximum Gasteiger partial charge on any atom is 0.242 e.